The highest BCUT2D eigenvalue weighted by atomic mass is 35.5. The molecule has 0 aliphatic carbocycles. The number of hydrogen-bond donors (Lipinski definition) is 1. The molecule has 0 saturated carbocycles. The van der Waals surface area contributed by atoms with Gasteiger partial charge in [-0.1, -0.05) is 11.6 Å². The number of urea groups is 1. The number of ether oxygens (including phenoxy) is 1. The first-order valence-corrected chi connectivity index (χ1v) is 7.63. The van der Waals surface area contributed by atoms with Gasteiger partial charge in [-0.15, -0.1) is 0 Å². The maximum Gasteiger partial charge on any atom is 0.322 e. The number of hydrogen-bond acceptors (Lipinski definition) is 3. The summed E-state index contributed by atoms with van der Waals surface area (Å²) in [5.41, 5.74) is 0.344. The van der Waals surface area contributed by atoms with Crippen LogP contribution in [0.1, 0.15) is 33.6 Å². The molecule has 21 heavy (non-hydrogen) atoms. The van der Waals surface area contributed by atoms with Crippen molar-refractivity contribution < 1.29 is 9.53 Å². The standard InChI is InChI=1S/C15H22ClN3O2/c1-4-19(11-7-9-21-15(2,3)10-11)14(20)18-12-6-5-8-17-13(12)16/h5-6,8,11H,4,7,9-10H2,1-3H3,(H,18,20)/t11-/m1/s1. The normalized spacial score (nSPS) is 20.9. The molecule has 1 aliphatic heterocycles. The molecular weight excluding hydrogens is 290 g/mol. The molecule has 1 aromatic rings. The summed E-state index contributed by atoms with van der Waals surface area (Å²) < 4.78 is 5.72. The molecule has 5 nitrogen and oxygen atoms in total. The lowest BCUT2D eigenvalue weighted by Gasteiger charge is -2.40. The first-order chi connectivity index (χ1) is 9.93. The highest BCUT2D eigenvalue weighted by molar-refractivity contribution is 6.32. The predicted molar refractivity (Wildman–Crippen MR) is 83.7 cm³/mol. The lowest BCUT2D eigenvalue weighted by atomic mass is 9.93. The molecule has 1 aromatic heterocycles. The molecule has 0 spiro atoms. The molecule has 0 radical (unpaired) electrons. The van der Waals surface area contributed by atoms with E-state index in [1.165, 1.54) is 0 Å². The maximum atomic E-state index is 12.5. The average molecular weight is 312 g/mol. The Morgan fingerprint density at radius 1 is 1.62 bits per heavy atom. The zero-order valence-corrected chi connectivity index (χ0v) is 13.5. The first-order valence-electron chi connectivity index (χ1n) is 7.25. The monoisotopic (exact) mass is 311 g/mol. The van der Waals surface area contributed by atoms with Crippen LogP contribution in [0.15, 0.2) is 18.3 Å². The van der Waals surface area contributed by atoms with Crippen LogP contribution in [0.3, 0.4) is 0 Å². The smallest absolute Gasteiger partial charge is 0.322 e. The van der Waals surface area contributed by atoms with Gasteiger partial charge in [0.2, 0.25) is 0 Å². The van der Waals surface area contributed by atoms with E-state index < -0.39 is 0 Å². The van der Waals surface area contributed by atoms with Crippen molar-refractivity contribution in [2.75, 3.05) is 18.5 Å². The number of nitrogens with one attached hydrogen (secondary N) is 1. The SMILES string of the molecule is CCN(C(=O)Nc1cccnc1Cl)[C@@H]1CCOC(C)(C)C1. The number of amides is 2. The van der Waals surface area contributed by atoms with Gasteiger partial charge in [-0.05, 0) is 45.7 Å². The number of pyridine rings is 1. The predicted octanol–water partition coefficient (Wildman–Crippen LogP) is 3.55. The minimum atomic E-state index is -0.192. The number of rotatable bonds is 3. The van der Waals surface area contributed by atoms with E-state index in [4.69, 9.17) is 16.3 Å². The summed E-state index contributed by atoms with van der Waals surface area (Å²) in [6, 6.07) is 3.52. The third-order valence-corrected chi connectivity index (χ3v) is 4.02. The van der Waals surface area contributed by atoms with Gasteiger partial charge in [-0.2, -0.15) is 0 Å². The number of halogens is 1. The second-order valence-electron chi connectivity index (χ2n) is 5.81. The fourth-order valence-corrected chi connectivity index (χ4v) is 2.87. The topological polar surface area (TPSA) is 54.5 Å². The van der Waals surface area contributed by atoms with Crippen LogP contribution in [0.25, 0.3) is 0 Å². The highest BCUT2D eigenvalue weighted by Gasteiger charge is 2.33. The number of nitrogens with zero attached hydrogens (tertiary/aromatic N) is 2. The molecule has 2 amide bonds. The van der Waals surface area contributed by atoms with Crippen LogP contribution >= 0.6 is 11.6 Å². The van der Waals surface area contributed by atoms with Gasteiger partial charge in [0.25, 0.3) is 0 Å². The van der Waals surface area contributed by atoms with Gasteiger partial charge in [0.1, 0.15) is 0 Å². The van der Waals surface area contributed by atoms with E-state index in [1.807, 2.05) is 11.8 Å². The summed E-state index contributed by atoms with van der Waals surface area (Å²) in [5, 5.41) is 3.14. The van der Waals surface area contributed by atoms with Crippen LogP contribution in [-0.2, 0) is 4.74 Å². The fraction of sp³-hybridized carbons (Fsp3) is 0.600. The molecule has 116 valence electrons. The van der Waals surface area contributed by atoms with Crippen LogP contribution in [0.2, 0.25) is 5.15 Å². The van der Waals surface area contributed by atoms with Gasteiger partial charge < -0.3 is 15.0 Å². The number of carbonyl (C=O) groups is 1. The Balaban J connectivity index is 2.07. The zero-order chi connectivity index (χ0) is 15.5. The van der Waals surface area contributed by atoms with Crippen molar-refractivity contribution in [3.63, 3.8) is 0 Å². The first kappa shape index (κ1) is 16.0. The summed E-state index contributed by atoms with van der Waals surface area (Å²) >= 11 is 5.98. The van der Waals surface area contributed by atoms with Gasteiger partial charge in [0.05, 0.1) is 11.3 Å². The number of anilines is 1. The summed E-state index contributed by atoms with van der Waals surface area (Å²) in [6.45, 7) is 7.41. The molecule has 1 N–H and O–H groups in total. The van der Waals surface area contributed by atoms with Crippen molar-refractivity contribution in [1.29, 1.82) is 0 Å². The highest BCUT2D eigenvalue weighted by Crippen LogP contribution is 2.28. The molecule has 1 aliphatic rings. The van der Waals surface area contributed by atoms with Crippen molar-refractivity contribution in [2.45, 2.75) is 45.3 Å². The number of aromatic nitrogens is 1. The zero-order valence-electron chi connectivity index (χ0n) is 12.7. The molecule has 1 fully saturated rings. The quantitative estimate of drug-likeness (QED) is 0.869. The number of carbonyl (C=O) groups excluding carboxylic acids is 1. The van der Waals surface area contributed by atoms with Crippen LogP contribution < -0.4 is 5.32 Å². The lowest BCUT2D eigenvalue weighted by Crippen LogP contribution is -2.49. The summed E-state index contributed by atoms with van der Waals surface area (Å²) in [7, 11) is 0. The Bertz CT molecular complexity index is 507. The van der Waals surface area contributed by atoms with E-state index >= 15 is 0 Å². The molecule has 1 atom stereocenters. The Labute approximate surface area is 130 Å². The van der Waals surface area contributed by atoms with E-state index in [1.54, 1.807) is 18.3 Å². The molecule has 0 bridgehead atoms. The van der Waals surface area contributed by atoms with Crippen LogP contribution in [0.5, 0.6) is 0 Å². The Kier molecular flexibility index (Phi) is 5.06. The second-order valence-corrected chi connectivity index (χ2v) is 6.17. The molecular formula is C15H22ClN3O2. The van der Waals surface area contributed by atoms with Crippen molar-refractivity contribution in [1.82, 2.24) is 9.88 Å². The van der Waals surface area contributed by atoms with E-state index in [-0.39, 0.29) is 17.7 Å². The largest absolute Gasteiger partial charge is 0.375 e. The van der Waals surface area contributed by atoms with Gasteiger partial charge in [0, 0.05) is 25.4 Å². The average Bonchev–Trinajstić information content (AvgIpc) is 2.41. The molecule has 0 aromatic carbocycles. The van der Waals surface area contributed by atoms with Crippen molar-refractivity contribution >= 4 is 23.3 Å². The third-order valence-electron chi connectivity index (χ3n) is 3.71. The van der Waals surface area contributed by atoms with Gasteiger partial charge in [-0.3, -0.25) is 0 Å². The Morgan fingerprint density at radius 3 is 3.00 bits per heavy atom. The van der Waals surface area contributed by atoms with Gasteiger partial charge in [0.15, 0.2) is 5.15 Å². The van der Waals surface area contributed by atoms with Gasteiger partial charge in [-0.25, -0.2) is 9.78 Å². The van der Waals surface area contributed by atoms with Crippen molar-refractivity contribution in [3.05, 3.63) is 23.5 Å². The molecule has 1 saturated heterocycles. The van der Waals surface area contributed by atoms with Crippen molar-refractivity contribution in [2.24, 2.45) is 0 Å². The van der Waals surface area contributed by atoms with E-state index in [0.29, 0.717) is 24.0 Å². The third kappa shape index (κ3) is 4.08. The second kappa shape index (κ2) is 6.62. The van der Waals surface area contributed by atoms with Crippen LogP contribution in [0, 0.1) is 0 Å². The lowest BCUT2D eigenvalue weighted by molar-refractivity contribution is -0.0758. The van der Waals surface area contributed by atoms with E-state index in [9.17, 15) is 4.79 Å². The Morgan fingerprint density at radius 2 is 2.38 bits per heavy atom. The summed E-state index contributed by atoms with van der Waals surface area (Å²) in [5.74, 6) is 0. The van der Waals surface area contributed by atoms with Crippen LogP contribution in [-0.4, -0.2) is 40.7 Å². The van der Waals surface area contributed by atoms with E-state index in [0.717, 1.165) is 12.8 Å². The Hall–Kier alpha value is -1.33. The summed E-state index contributed by atoms with van der Waals surface area (Å²) in [4.78, 5) is 18.3. The summed E-state index contributed by atoms with van der Waals surface area (Å²) in [6.07, 6.45) is 3.27. The minimum absolute atomic E-state index is 0.143. The van der Waals surface area contributed by atoms with Gasteiger partial charge >= 0.3 is 6.03 Å². The molecule has 2 heterocycles. The maximum absolute atomic E-state index is 12.5. The van der Waals surface area contributed by atoms with E-state index in [2.05, 4.69) is 24.1 Å². The molecule has 2 rings (SSSR count). The molecule has 6 heteroatoms. The minimum Gasteiger partial charge on any atom is -0.375 e. The molecule has 0 unspecified atom stereocenters. The van der Waals surface area contributed by atoms with Crippen molar-refractivity contribution in [3.8, 4) is 0 Å². The fourth-order valence-electron chi connectivity index (χ4n) is 2.70. The van der Waals surface area contributed by atoms with Crippen LogP contribution in [0.4, 0.5) is 10.5 Å².